The van der Waals surface area contributed by atoms with E-state index in [2.05, 4.69) is 25.9 Å². The number of aliphatic hydroxyl groups is 1. The van der Waals surface area contributed by atoms with Crippen LogP contribution in [0, 0.1) is 40.4 Å². The Morgan fingerprint density at radius 1 is 1.04 bits per heavy atom. The molecule has 0 aromatic rings. The van der Waals surface area contributed by atoms with Crippen molar-refractivity contribution in [2.75, 3.05) is 0 Å². The normalized spacial score (nSPS) is 57.7. The average Bonchev–Trinajstić information content (AvgIpc) is 2.82. The lowest BCUT2D eigenvalue weighted by molar-refractivity contribution is -0.116. The summed E-state index contributed by atoms with van der Waals surface area (Å²) < 4.78 is 0. The van der Waals surface area contributed by atoms with E-state index in [1.165, 1.54) is 44.2 Å². The monoisotopic (exact) mass is 318 g/mol. The van der Waals surface area contributed by atoms with Gasteiger partial charge in [0.05, 0.1) is 6.10 Å². The first-order valence-electron chi connectivity index (χ1n) is 9.85. The number of hydrogen-bond acceptors (Lipinski definition) is 3. The third kappa shape index (κ3) is 2.08. The average molecular weight is 319 g/mol. The van der Waals surface area contributed by atoms with Crippen LogP contribution in [0.2, 0.25) is 0 Å². The summed E-state index contributed by atoms with van der Waals surface area (Å²) in [6.07, 6.45) is 9.88. The summed E-state index contributed by atoms with van der Waals surface area (Å²) in [5.74, 6) is 9.43. The fourth-order valence-electron chi connectivity index (χ4n) is 7.57. The molecule has 3 nitrogen and oxygen atoms in total. The Bertz CT molecular complexity index is 518. The van der Waals surface area contributed by atoms with E-state index in [0.717, 1.165) is 36.5 Å². The maximum atomic E-state index is 10.5. The molecule has 3 N–H and O–H groups in total. The Labute approximate surface area is 141 Å². The third-order valence-corrected chi connectivity index (χ3v) is 8.95. The van der Waals surface area contributed by atoms with Gasteiger partial charge in [0, 0.05) is 5.71 Å². The predicted molar refractivity (Wildman–Crippen MR) is 93.9 cm³/mol. The van der Waals surface area contributed by atoms with Crippen LogP contribution in [0.4, 0.5) is 0 Å². The van der Waals surface area contributed by atoms with Crippen molar-refractivity contribution in [3.05, 3.63) is 0 Å². The molecule has 4 saturated carbocycles. The van der Waals surface area contributed by atoms with Crippen LogP contribution in [0.1, 0.15) is 72.1 Å². The Balaban J connectivity index is 1.63. The summed E-state index contributed by atoms with van der Waals surface area (Å²) in [5, 5.41) is 14.7. The molecule has 0 bridgehead atoms. The van der Waals surface area contributed by atoms with E-state index in [-0.39, 0.29) is 11.5 Å². The fourth-order valence-corrected chi connectivity index (χ4v) is 7.57. The molecule has 0 amide bonds. The highest BCUT2D eigenvalue weighted by molar-refractivity contribution is 5.87. The number of hydrogen-bond donors (Lipinski definition) is 2. The summed E-state index contributed by atoms with van der Waals surface area (Å²) in [4.78, 5) is 0. The van der Waals surface area contributed by atoms with Gasteiger partial charge >= 0.3 is 0 Å². The van der Waals surface area contributed by atoms with Gasteiger partial charge in [0.1, 0.15) is 0 Å². The smallest absolute Gasteiger partial charge is 0.0596 e. The maximum absolute atomic E-state index is 10.5. The lowest BCUT2D eigenvalue weighted by atomic mass is 9.44. The summed E-state index contributed by atoms with van der Waals surface area (Å²) in [6, 6.07) is 0. The van der Waals surface area contributed by atoms with E-state index < -0.39 is 0 Å². The van der Waals surface area contributed by atoms with Gasteiger partial charge < -0.3 is 10.9 Å². The molecule has 23 heavy (non-hydrogen) atoms. The zero-order valence-electron chi connectivity index (χ0n) is 15.1. The highest BCUT2D eigenvalue weighted by atomic mass is 16.3. The van der Waals surface area contributed by atoms with E-state index in [1.807, 2.05) is 0 Å². The minimum absolute atomic E-state index is 0.0553. The van der Waals surface area contributed by atoms with Crippen molar-refractivity contribution in [2.45, 2.75) is 78.2 Å². The second-order valence-corrected chi connectivity index (χ2v) is 9.72. The van der Waals surface area contributed by atoms with Crippen molar-refractivity contribution in [3.63, 3.8) is 0 Å². The summed E-state index contributed by atoms with van der Waals surface area (Å²) in [5.41, 5.74) is 1.92. The van der Waals surface area contributed by atoms with Crippen LogP contribution < -0.4 is 5.84 Å². The number of fused-ring (bicyclic) bond motifs is 5. The number of nitrogens with two attached hydrogens (primary N) is 1. The summed E-state index contributed by atoms with van der Waals surface area (Å²) in [7, 11) is 0. The molecule has 3 heteroatoms. The zero-order chi connectivity index (χ0) is 16.4. The van der Waals surface area contributed by atoms with Crippen LogP contribution >= 0.6 is 0 Å². The Kier molecular flexibility index (Phi) is 3.61. The predicted octanol–water partition coefficient (Wildman–Crippen LogP) is 3.95. The van der Waals surface area contributed by atoms with Gasteiger partial charge in [0.2, 0.25) is 0 Å². The molecular weight excluding hydrogens is 284 g/mol. The van der Waals surface area contributed by atoms with Gasteiger partial charge in [-0.05, 0) is 91.8 Å². The first-order chi connectivity index (χ1) is 10.9. The van der Waals surface area contributed by atoms with Crippen molar-refractivity contribution in [3.8, 4) is 0 Å². The Morgan fingerprint density at radius 2 is 1.78 bits per heavy atom. The molecule has 0 aromatic heterocycles. The first-order valence-corrected chi connectivity index (χ1v) is 9.85. The second-order valence-electron chi connectivity index (χ2n) is 9.72. The lowest BCUT2D eigenvalue weighted by Gasteiger charge is -2.61. The van der Waals surface area contributed by atoms with Crippen molar-refractivity contribution >= 4 is 5.71 Å². The van der Waals surface area contributed by atoms with Crippen LogP contribution in [0.15, 0.2) is 5.10 Å². The van der Waals surface area contributed by atoms with E-state index in [1.54, 1.807) is 0 Å². The van der Waals surface area contributed by atoms with E-state index in [4.69, 9.17) is 5.84 Å². The minimum Gasteiger partial charge on any atom is -0.393 e. The van der Waals surface area contributed by atoms with Gasteiger partial charge in [0.25, 0.3) is 0 Å². The number of nitrogens with zero attached hydrogens (tertiary/aromatic N) is 1. The van der Waals surface area contributed by atoms with Crippen LogP contribution in [0.5, 0.6) is 0 Å². The SMILES string of the molecule is C[C@H]1C[C@@]2(C)[C@@H](CC[C@H]3[C@H]2CC[C@@]2(C)[C@@H]3CC[C@@H]2O)C/C1=N/N. The maximum Gasteiger partial charge on any atom is 0.0596 e. The topological polar surface area (TPSA) is 58.6 Å². The molecule has 0 unspecified atom stereocenters. The van der Waals surface area contributed by atoms with Crippen LogP contribution in [-0.4, -0.2) is 16.9 Å². The van der Waals surface area contributed by atoms with Crippen LogP contribution in [0.25, 0.3) is 0 Å². The Hall–Kier alpha value is -0.570. The largest absolute Gasteiger partial charge is 0.393 e. The van der Waals surface area contributed by atoms with E-state index in [9.17, 15) is 5.11 Å². The Morgan fingerprint density at radius 3 is 2.52 bits per heavy atom. The molecule has 0 aromatic carbocycles. The molecule has 0 spiro atoms. The molecule has 4 aliphatic rings. The summed E-state index contributed by atoms with van der Waals surface area (Å²) in [6.45, 7) is 7.28. The quantitative estimate of drug-likeness (QED) is 0.525. The van der Waals surface area contributed by atoms with Gasteiger partial charge in [-0.25, -0.2) is 0 Å². The van der Waals surface area contributed by atoms with Crippen molar-refractivity contribution in [1.29, 1.82) is 0 Å². The van der Waals surface area contributed by atoms with E-state index in [0.29, 0.717) is 11.3 Å². The van der Waals surface area contributed by atoms with E-state index >= 15 is 0 Å². The molecule has 0 radical (unpaired) electrons. The number of hydrazone groups is 1. The van der Waals surface area contributed by atoms with Gasteiger partial charge in [-0.15, -0.1) is 0 Å². The standard InChI is InChI=1S/C20H34N2O/c1-12-11-20(3)13(10-17(12)22-21)4-5-14-15-6-7-18(23)19(15,2)9-8-16(14)20/h12-16,18,23H,4-11,21H2,1-3H3/b22-17-/t12-,13-,14+,15+,16+,18-,19-,20-/m0/s1. The number of rotatable bonds is 0. The molecule has 4 aliphatic carbocycles. The van der Waals surface area contributed by atoms with Crippen LogP contribution in [0.3, 0.4) is 0 Å². The third-order valence-electron chi connectivity index (χ3n) is 8.95. The molecule has 4 fully saturated rings. The molecule has 0 heterocycles. The molecule has 0 saturated heterocycles. The minimum atomic E-state index is -0.0553. The second kappa shape index (κ2) is 5.21. The molecule has 8 atom stereocenters. The van der Waals surface area contributed by atoms with Crippen molar-refractivity contribution in [2.24, 2.45) is 51.4 Å². The lowest BCUT2D eigenvalue weighted by Crippen LogP contribution is -2.55. The fraction of sp³-hybridized carbons (Fsp3) is 0.950. The molecule has 130 valence electrons. The molecule has 0 aliphatic heterocycles. The highest BCUT2D eigenvalue weighted by Crippen LogP contribution is 2.66. The zero-order valence-corrected chi connectivity index (χ0v) is 15.1. The van der Waals surface area contributed by atoms with Crippen molar-refractivity contribution < 1.29 is 5.11 Å². The van der Waals surface area contributed by atoms with Crippen molar-refractivity contribution in [1.82, 2.24) is 0 Å². The molecular formula is C20H34N2O. The van der Waals surface area contributed by atoms with Gasteiger partial charge in [-0.3, -0.25) is 0 Å². The first kappa shape index (κ1) is 15.9. The van der Waals surface area contributed by atoms with Gasteiger partial charge in [0.15, 0.2) is 0 Å². The van der Waals surface area contributed by atoms with Crippen LogP contribution in [-0.2, 0) is 0 Å². The van der Waals surface area contributed by atoms with Gasteiger partial charge in [-0.1, -0.05) is 20.8 Å². The molecule has 4 rings (SSSR count). The highest BCUT2D eigenvalue weighted by Gasteiger charge is 2.60. The number of aliphatic hydroxyl groups excluding tert-OH is 1. The summed E-state index contributed by atoms with van der Waals surface area (Å²) >= 11 is 0. The van der Waals surface area contributed by atoms with Gasteiger partial charge in [-0.2, -0.15) is 5.10 Å².